The Balaban J connectivity index is 2.30. The first-order valence-electron chi connectivity index (χ1n) is 5.61. The lowest BCUT2D eigenvalue weighted by molar-refractivity contribution is 0.556. The van der Waals surface area contributed by atoms with Gasteiger partial charge in [-0.15, -0.1) is 0 Å². The Morgan fingerprint density at radius 1 is 1.47 bits per heavy atom. The highest BCUT2D eigenvalue weighted by Crippen LogP contribution is 2.33. The molecule has 0 fully saturated rings. The molecule has 0 saturated carbocycles. The number of nitrogens with zero attached hydrogens (tertiary/aromatic N) is 4. The predicted molar refractivity (Wildman–Crippen MR) is 69.0 cm³/mol. The number of aryl methyl sites for hydroxylation is 3. The summed E-state index contributed by atoms with van der Waals surface area (Å²) < 4.78 is 3.76. The maximum Gasteiger partial charge on any atom is 0.122 e. The van der Waals surface area contributed by atoms with Crippen molar-refractivity contribution in [2.24, 2.45) is 7.05 Å². The summed E-state index contributed by atoms with van der Waals surface area (Å²) in [6.45, 7) is 4.96. The van der Waals surface area contributed by atoms with Crippen LogP contribution in [0.2, 0.25) is 0 Å². The van der Waals surface area contributed by atoms with E-state index in [4.69, 9.17) is 5.73 Å². The molecule has 0 aliphatic rings. The molecule has 2 aromatic rings. The lowest BCUT2D eigenvalue weighted by Crippen LogP contribution is -2.01. The Hall–Kier alpha value is -1.43. The summed E-state index contributed by atoms with van der Waals surface area (Å²) in [4.78, 5) is 1.08. The summed E-state index contributed by atoms with van der Waals surface area (Å²) in [5.74, 6) is 0. The smallest absolute Gasteiger partial charge is 0.122 e. The highest BCUT2D eigenvalue weighted by molar-refractivity contribution is 7.99. The Labute approximate surface area is 105 Å². The third kappa shape index (κ3) is 2.46. The molecule has 6 heteroatoms. The van der Waals surface area contributed by atoms with Crippen molar-refractivity contribution in [2.45, 2.75) is 36.7 Å². The SMILES string of the molecule is CCCn1nc(C)c(N)c1Sc1cnn(C)c1. The molecule has 0 unspecified atom stereocenters. The van der Waals surface area contributed by atoms with Crippen molar-refractivity contribution in [3.8, 4) is 0 Å². The maximum atomic E-state index is 6.06. The van der Waals surface area contributed by atoms with Gasteiger partial charge in [0.1, 0.15) is 5.03 Å². The van der Waals surface area contributed by atoms with E-state index in [9.17, 15) is 0 Å². The molecule has 0 aliphatic carbocycles. The fraction of sp³-hybridized carbons (Fsp3) is 0.455. The molecule has 2 heterocycles. The van der Waals surface area contributed by atoms with Gasteiger partial charge in [-0.25, -0.2) is 0 Å². The number of nitrogen functional groups attached to an aromatic ring is 1. The first-order chi connectivity index (χ1) is 8.11. The fourth-order valence-electron chi connectivity index (χ4n) is 1.61. The molecule has 0 saturated heterocycles. The monoisotopic (exact) mass is 251 g/mol. The molecule has 5 nitrogen and oxygen atoms in total. The lowest BCUT2D eigenvalue weighted by atomic mass is 10.4. The largest absolute Gasteiger partial charge is 0.395 e. The lowest BCUT2D eigenvalue weighted by Gasteiger charge is -2.04. The summed E-state index contributed by atoms with van der Waals surface area (Å²) in [6, 6.07) is 0. The normalized spacial score (nSPS) is 11.0. The molecule has 0 amide bonds. The number of anilines is 1. The van der Waals surface area contributed by atoms with Crippen LogP contribution in [0.3, 0.4) is 0 Å². The minimum absolute atomic E-state index is 0.771. The van der Waals surface area contributed by atoms with Gasteiger partial charge < -0.3 is 5.73 Å². The topological polar surface area (TPSA) is 61.7 Å². The van der Waals surface area contributed by atoms with E-state index in [0.29, 0.717) is 0 Å². The highest BCUT2D eigenvalue weighted by atomic mass is 32.2. The van der Waals surface area contributed by atoms with Crippen molar-refractivity contribution in [1.29, 1.82) is 0 Å². The van der Waals surface area contributed by atoms with Crippen molar-refractivity contribution < 1.29 is 0 Å². The molecule has 17 heavy (non-hydrogen) atoms. The zero-order valence-electron chi connectivity index (χ0n) is 10.3. The van der Waals surface area contributed by atoms with Crippen LogP contribution in [0.4, 0.5) is 5.69 Å². The fourth-order valence-corrected chi connectivity index (χ4v) is 2.63. The van der Waals surface area contributed by atoms with Crippen molar-refractivity contribution in [3.63, 3.8) is 0 Å². The summed E-state index contributed by atoms with van der Waals surface area (Å²) in [5.41, 5.74) is 7.72. The molecule has 2 aromatic heterocycles. The number of hydrogen-bond acceptors (Lipinski definition) is 4. The van der Waals surface area contributed by atoms with Crippen molar-refractivity contribution in [3.05, 3.63) is 18.1 Å². The maximum absolute atomic E-state index is 6.06. The summed E-state index contributed by atoms with van der Waals surface area (Å²) in [6.07, 6.45) is 4.85. The summed E-state index contributed by atoms with van der Waals surface area (Å²) in [7, 11) is 1.90. The quantitative estimate of drug-likeness (QED) is 0.903. The van der Waals surface area contributed by atoms with E-state index >= 15 is 0 Å². The van der Waals surface area contributed by atoms with Crippen LogP contribution in [-0.2, 0) is 13.6 Å². The molecule has 92 valence electrons. The van der Waals surface area contributed by atoms with E-state index in [2.05, 4.69) is 17.1 Å². The third-order valence-electron chi connectivity index (χ3n) is 2.46. The van der Waals surface area contributed by atoms with Crippen LogP contribution in [0.15, 0.2) is 22.3 Å². The van der Waals surface area contributed by atoms with Crippen LogP contribution in [0.25, 0.3) is 0 Å². The zero-order chi connectivity index (χ0) is 12.4. The highest BCUT2D eigenvalue weighted by Gasteiger charge is 2.14. The second-order valence-corrected chi connectivity index (χ2v) is 5.04. The van der Waals surface area contributed by atoms with Gasteiger partial charge in [-0.3, -0.25) is 9.36 Å². The molecular formula is C11H17N5S. The Morgan fingerprint density at radius 2 is 2.24 bits per heavy atom. The number of nitrogens with two attached hydrogens (primary N) is 1. The molecule has 2 N–H and O–H groups in total. The zero-order valence-corrected chi connectivity index (χ0v) is 11.2. The second-order valence-electron chi connectivity index (χ2n) is 3.98. The van der Waals surface area contributed by atoms with E-state index < -0.39 is 0 Å². The minimum atomic E-state index is 0.771. The first kappa shape index (κ1) is 12.0. The van der Waals surface area contributed by atoms with E-state index in [1.54, 1.807) is 16.4 Å². The van der Waals surface area contributed by atoms with Crippen molar-refractivity contribution in [2.75, 3.05) is 5.73 Å². The summed E-state index contributed by atoms with van der Waals surface area (Å²) in [5, 5.41) is 9.61. The predicted octanol–water partition coefficient (Wildman–Crippen LogP) is 2.07. The second kappa shape index (κ2) is 4.83. The summed E-state index contributed by atoms with van der Waals surface area (Å²) >= 11 is 1.61. The Kier molecular flexibility index (Phi) is 3.42. The van der Waals surface area contributed by atoms with Gasteiger partial charge in [0.05, 0.1) is 22.5 Å². The molecule has 0 bridgehead atoms. The average molecular weight is 251 g/mol. The van der Waals surface area contributed by atoms with Gasteiger partial charge in [-0.05, 0) is 13.3 Å². The van der Waals surface area contributed by atoms with Crippen LogP contribution >= 0.6 is 11.8 Å². The van der Waals surface area contributed by atoms with E-state index in [1.807, 2.05) is 31.0 Å². The van der Waals surface area contributed by atoms with E-state index in [1.165, 1.54) is 0 Å². The number of rotatable bonds is 4. The molecule has 0 aromatic carbocycles. The minimum Gasteiger partial charge on any atom is -0.395 e. The number of aromatic nitrogens is 4. The molecule has 0 radical (unpaired) electrons. The molecule has 0 atom stereocenters. The first-order valence-corrected chi connectivity index (χ1v) is 6.42. The third-order valence-corrected chi connectivity index (χ3v) is 3.53. The molecule has 0 spiro atoms. The van der Waals surface area contributed by atoms with E-state index in [0.717, 1.165) is 34.3 Å². The van der Waals surface area contributed by atoms with Gasteiger partial charge in [0.25, 0.3) is 0 Å². The van der Waals surface area contributed by atoms with Crippen LogP contribution in [0.1, 0.15) is 19.0 Å². The van der Waals surface area contributed by atoms with Crippen LogP contribution in [0, 0.1) is 6.92 Å². The van der Waals surface area contributed by atoms with Gasteiger partial charge in [-0.2, -0.15) is 10.2 Å². The standard InChI is InChI=1S/C11H17N5S/c1-4-5-16-11(10(12)8(2)14-16)17-9-6-13-15(3)7-9/h6-7H,4-5,12H2,1-3H3. The Bertz CT molecular complexity index is 514. The van der Waals surface area contributed by atoms with Gasteiger partial charge in [-0.1, -0.05) is 18.7 Å². The molecular weight excluding hydrogens is 234 g/mol. The molecule has 0 aliphatic heterocycles. The van der Waals surface area contributed by atoms with Crippen LogP contribution in [-0.4, -0.2) is 19.6 Å². The van der Waals surface area contributed by atoms with Crippen molar-refractivity contribution >= 4 is 17.4 Å². The van der Waals surface area contributed by atoms with Gasteiger partial charge in [0, 0.05) is 19.8 Å². The van der Waals surface area contributed by atoms with Crippen LogP contribution < -0.4 is 5.73 Å². The Morgan fingerprint density at radius 3 is 2.82 bits per heavy atom. The number of hydrogen-bond donors (Lipinski definition) is 1. The van der Waals surface area contributed by atoms with Gasteiger partial charge in [0.15, 0.2) is 0 Å². The van der Waals surface area contributed by atoms with Crippen LogP contribution in [0.5, 0.6) is 0 Å². The van der Waals surface area contributed by atoms with Crippen molar-refractivity contribution in [1.82, 2.24) is 19.6 Å². The van der Waals surface area contributed by atoms with Gasteiger partial charge >= 0.3 is 0 Å². The van der Waals surface area contributed by atoms with Gasteiger partial charge in [0.2, 0.25) is 0 Å². The molecule has 2 rings (SSSR count). The average Bonchev–Trinajstić information content (AvgIpc) is 2.79. The van der Waals surface area contributed by atoms with E-state index in [-0.39, 0.29) is 0 Å².